The first-order valence-electron chi connectivity index (χ1n) is 5.91. The molecule has 5 heteroatoms. The fraction of sp³-hybridized carbons (Fsp3) is 0. The smallest absolute Gasteiger partial charge is 0.126 e. The van der Waals surface area contributed by atoms with Gasteiger partial charge in [0, 0.05) is 26.7 Å². The van der Waals surface area contributed by atoms with E-state index in [1.807, 2.05) is 29.6 Å². The Labute approximate surface area is 128 Å². The van der Waals surface area contributed by atoms with Gasteiger partial charge in [0.05, 0.1) is 5.69 Å². The number of halogens is 2. The Morgan fingerprint density at radius 2 is 1.90 bits per heavy atom. The van der Waals surface area contributed by atoms with Crippen LogP contribution in [0.4, 0.5) is 10.1 Å². The molecule has 20 heavy (non-hydrogen) atoms. The summed E-state index contributed by atoms with van der Waals surface area (Å²) in [6.45, 7) is 0. The van der Waals surface area contributed by atoms with Crippen LogP contribution in [-0.2, 0) is 0 Å². The number of nitrogens with zero attached hydrogens (tertiary/aromatic N) is 1. The van der Waals surface area contributed by atoms with E-state index in [1.54, 1.807) is 6.07 Å². The van der Waals surface area contributed by atoms with Gasteiger partial charge in [-0.15, -0.1) is 11.3 Å². The van der Waals surface area contributed by atoms with E-state index in [0.717, 1.165) is 21.8 Å². The monoisotopic (exact) mass is 348 g/mol. The summed E-state index contributed by atoms with van der Waals surface area (Å²) >= 11 is 4.88. The molecule has 1 heterocycles. The standard InChI is InChI=1S/C15H10BrFN2S/c16-12-7-9(17)5-6-10(12)14-8-20-15(19-14)11-3-1-2-4-13(11)18/h1-8H,18H2. The third-order valence-corrected chi connectivity index (χ3v) is 4.43. The van der Waals surface area contributed by atoms with Gasteiger partial charge in [0.25, 0.3) is 0 Å². The van der Waals surface area contributed by atoms with E-state index in [-0.39, 0.29) is 5.82 Å². The van der Waals surface area contributed by atoms with E-state index < -0.39 is 0 Å². The van der Waals surface area contributed by atoms with Gasteiger partial charge in [-0.05, 0) is 46.3 Å². The van der Waals surface area contributed by atoms with Crippen molar-refractivity contribution in [3.05, 3.63) is 58.1 Å². The van der Waals surface area contributed by atoms with Crippen LogP contribution in [0, 0.1) is 5.82 Å². The number of nitrogens with two attached hydrogens (primary N) is 1. The highest BCUT2D eigenvalue weighted by molar-refractivity contribution is 9.10. The van der Waals surface area contributed by atoms with Gasteiger partial charge in [-0.3, -0.25) is 0 Å². The molecule has 3 rings (SSSR count). The van der Waals surface area contributed by atoms with Crippen LogP contribution in [-0.4, -0.2) is 4.98 Å². The molecule has 0 bridgehead atoms. The number of aromatic nitrogens is 1. The summed E-state index contributed by atoms with van der Waals surface area (Å²) in [7, 11) is 0. The van der Waals surface area contributed by atoms with E-state index >= 15 is 0 Å². The number of nitrogen functional groups attached to an aromatic ring is 1. The summed E-state index contributed by atoms with van der Waals surface area (Å²) < 4.78 is 13.8. The molecule has 2 N–H and O–H groups in total. The van der Waals surface area contributed by atoms with Crippen LogP contribution < -0.4 is 5.73 Å². The molecule has 2 aromatic carbocycles. The lowest BCUT2D eigenvalue weighted by Crippen LogP contribution is -1.89. The van der Waals surface area contributed by atoms with E-state index in [9.17, 15) is 4.39 Å². The number of thiazole rings is 1. The summed E-state index contributed by atoms with van der Waals surface area (Å²) in [4.78, 5) is 4.59. The predicted molar refractivity (Wildman–Crippen MR) is 85.1 cm³/mol. The Kier molecular flexibility index (Phi) is 3.54. The predicted octanol–water partition coefficient (Wildman–Crippen LogP) is 4.96. The van der Waals surface area contributed by atoms with Gasteiger partial charge >= 0.3 is 0 Å². The third kappa shape index (κ3) is 2.46. The van der Waals surface area contributed by atoms with Crippen molar-refractivity contribution in [1.82, 2.24) is 4.98 Å². The van der Waals surface area contributed by atoms with Gasteiger partial charge in [-0.2, -0.15) is 0 Å². The normalized spacial score (nSPS) is 10.7. The van der Waals surface area contributed by atoms with Crippen LogP contribution >= 0.6 is 27.3 Å². The van der Waals surface area contributed by atoms with Gasteiger partial charge in [0.2, 0.25) is 0 Å². The lowest BCUT2D eigenvalue weighted by atomic mass is 10.1. The van der Waals surface area contributed by atoms with Gasteiger partial charge in [0.15, 0.2) is 0 Å². The number of para-hydroxylation sites is 1. The maximum atomic E-state index is 13.1. The van der Waals surface area contributed by atoms with E-state index in [4.69, 9.17) is 5.73 Å². The van der Waals surface area contributed by atoms with Gasteiger partial charge in [-0.1, -0.05) is 12.1 Å². The molecule has 2 nitrogen and oxygen atoms in total. The van der Waals surface area contributed by atoms with Gasteiger partial charge in [0.1, 0.15) is 10.8 Å². The van der Waals surface area contributed by atoms with E-state index in [2.05, 4.69) is 20.9 Å². The van der Waals surface area contributed by atoms with Crippen LogP contribution in [0.3, 0.4) is 0 Å². The first kappa shape index (κ1) is 13.3. The van der Waals surface area contributed by atoms with Crippen molar-refractivity contribution in [1.29, 1.82) is 0 Å². The zero-order valence-corrected chi connectivity index (χ0v) is 12.7. The maximum absolute atomic E-state index is 13.1. The molecule has 0 saturated heterocycles. The summed E-state index contributed by atoms with van der Waals surface area (Å²) in [6.07, 6.45) is 0. The molecule has 0 atom stereocenters. The zero-order chi connectivity index (χ0) is 14.1. The van der Waals surface area contributed by atoms with Crippen molar-refractivity contribution in [3.8, 4) is 21.8 Å². The Bertz CT molecular complexity index is 770. The molecule has 1 aromatic heterocycles. The number of anilines is 1. The highest BCUT2D eigenvalue weighted by Gasteiger charge is 2.11. The molecule has 0 radical (unpaired) electrons. The average molecular weight is 349 g/mol. The molecule has 0 aliphatic heterocycles. The highest BCUT2D eigenvalue weighted by Crippen LogP contribution is 2.34. The topological polar surface area (TPSA) is 38.9 Å². The number of benzene rings is 2. The number of rotatable bonds is 2. The van der Waals surface area contributed by atoms with Crippen molar-refractivity contribution < 1.29 is 4.39 Å². The molecule has 3 aromatic rings. The van der Waals surface area contributed by atoms with Crippen molar-refractivity contribution >= 4 is 33.0 Å². The Hall–Kier alpha value is -1.72. The minimum Gasteiger partial charge on any atom is -0.398 e. The fourth-order valence-electron chi connectivity index (χ4n) is 1.91. The lowest BCUT2D eigenvalue weighted by molar-refractivity contribution is 0.627. The van der Waals surface area contributed by atoms with Crippen LogP contribution in [0.1, 0.15) is 0 Å². The van der Waals surface area contributed by atoms with Crippen molar-refractivity contribution in [3.63, 3.8) is 0 Å². The minimum absolute atomic E-state index is 0.275. The second-order valence-electron chi connectivity index (χ2n) is 4.25. The zero-order valence-electron chi connectivity index (χ0n) is 10.3. The van der Waals surface area contributed by atoms with E-state index in [0.29, 0.717) is 10.2 Å². The molecule has 100 valence electrons. The molecule has 0 saturated carbocycles. The molecule has 0 spiro atoms. The molecule has 0 amide bonds. The van der Waals surface area contributed by atoms with Gasteiger partial charge in [-0.25, -0.2) is 9.37 Å². The van der Waals surface area contributed by atoms with E-state index in [1.165, 1.54) is 23.5 Å². The van der Waals surface area contributed by atoms with Crippen LogP contribution in [0.15, 0.2) is 52.3 Å². The first-order chi connectivity index (χ1) is 9.65. The molecule has 0 unspecified atom stereocenters. The third-order valence-electron chi connectivity index (χ3n) is 2.90. The molecular formula is C15H10BrFN2S. The quantitative estimate of drug-likeness (QED) is 0.664. The highest BCUT2D eigenvalue weighted by atomic mass is 79.9. The SMILES string of the molecule is Nc1ccccc1-c1nc(-c2ccc(F)cc2Br)cs1. The van der Waals surface area contributed by atoms with Gasteiger partial charge < -0.3 is 5.73 Å². The van der Waals surface area contributed by atoms with Crippen LogP contribution in [0.5, 0.6) is 0 Å². The largest absolute Gasteiger partial charge is 0.398 e. The number of hydrogen-bond donors (Lipinski definition) is 1. The second-order valence-corrected chi connectivity index (χ2v) is 5.96. The fourth-order valence-corrected chi connectivity index (χ4v) is 3.33. The first-order valence-corrected chi connectivity index (χ1v) is 7.58. The van der Waals surface area contributed by atoms with Crippen molar-refractivity contribution in [2.45, 2.75) is 0 Å². The summed E-state index contributed by atoms with van der Waals surface area (Å²) in [6, 6.07) is 12.2. The Morgan fingerprint density at radius 3 is 2.65 bits per heavy atom. The summed E-state index contributed by atoms with van der Waals surface area (Å²) in [5.74, 6) is -0.275. The maximum Gasteiger partial charge on any atom is 0.126 e. The average Bonchev–Trinajstić information content (AvgIpc) is 2.88. The van der Waals surface area contributed by atoms with Crippen molar-refractivity contribution in [2.24, 2.45) is 0 Å². The molecular weight excluding hydrogens is 339 g/mol. The number of hydrogen-bond acceptors (Lipinski definition) is 3. The van der Waals surface area contributed by atoms with Crippen LogP contribution in [0.25, 0.3) is 21.8 Å². The molecule has 0 aliphatic carbocycles. The lowest BCUT2D eigenvalue weighted by Gasteiger charge is -2.02. The van der Waals surface area contributed by atoms with Crippen LogP contribution in [0.2, 0.25) is 0 Å². The second kappa shape index (κ2) is 5.34. The van der Waals surface area contributed by atoms with Crippen molar-refractivity contribution in [2.75, 3.05) is 5.73 Å². The minimum atomic E-state index is -0.275. The molecule has 0 aliphatic rings. The summed E-state index contributed by atoms with van der Waals surface area (Å²) in [5, 5.41) is 2.80. The summed E-state index contributed by atoms with van der Waals surface area (Å²) in [5.41, 5.74) is 9.25. The Balaban J connectivity index is 2.04. The molecule has 0 fully saturated rings. The Morgan fingerprint density at radius 1 is 1.10 bits per heavy atom.